The summed E-state index contributed by atoms with van der Waals surface area (Å²) < 4.78 is 15.6. The fraction of sp³-hybridized carbons (Fsp3) is 0.400. The number of hydrogen-bond donors (Lipinski definition) is 1. The number of rotatable bonds is 5. The molecule has 1 atom stereocenters. The minimum atomic E-state index is -0.164. The van der Waals surface area contributed by atoms with Gasteiger partial charge in [-0.3, -0.25) is 4.68 Å². The Kier molecular flexibility index (Phi) is 4.32. The third kappa shape index (κ3) is 3.20. The van der Waals surface area contributed by atoms with Crippen LogP contribution in [0.25, 0.3) is 0 Å². The van der Waals surface area contributed by atoms with Gasteiger partial charge < -0.3 is 5.32 Å². The molecule has 1 aromatic carbocycles. The summed E-state index contributed by atoms with van der Waals surface area (Å²) in [6, 6.07) is 8.91. The number of benzene rings is 1. The highest BCUT2D eigenvalue weighted by Gasteiger charge is 2.11. The summed E-state index contributed by atoms with van der Waals surface area (Å²) in [6.07, 6.45) is 0. The van der Waals surface area contributed by atoms with Crippen LogP contribution in [0.15, 0.2) is 30.3 Å². The van der Waals surface area contributed by atoms with Gasteiger partial charge in [-0.1, -0.05) is 18.2 Å². The monoisotopic (exact) mass is 261 g/mol. The van der Waals surface area contributed by atoms with Gasteiger partial charge in [-0.15, -0.1) is 0 Å². The third-order valence-corrected chi connectivity index (χ3v) is 3.25. The van der Waals surface area contributed by atoms with Crippen LogP contribution in [0.1, 0.15) is 36.8 Å². The SMILES string of the molecule is CCn1nc(C)cc1CN[C@H](C)c1ccccc1F. The predicted octanol–water partition coefficient (Wildman–Crippen LogP) is 3.20. The molecule has 19 heavy (non-hydrogen) atoms. The summed E-state index contributed by atoms with van der Waals surface area (Å²) in [5.74, 6) is -0.164. The van der Waals surface area contributed by atoms with E-state index in [2.05, 4.69) is 23.4 Å². The molecular formula is C15H20FN3. The van der Waals surface area contributed by atoms with E-state index in [1.165, 1.54) is 6.07 Å². The standard InChI is InChI=1S/C15H20FN3/c1-4-19-13(9-11(2)18-19)10-17-12(3)14-7-5-6-8-15(14)16/h5-9,12,17H,4,10H2,1-3H3/t12-/m1/s1. The summed E-state index contributed by atoms with van der Waals surface area (Å²) in [4.78, 5) is 0. The van der Waals surface area contributed by atoms with Crippen molar-refractivity contribution in [3.63, 3.8) is 0 Å². The van der Waals surface area contributed by atoms with E-state index in [0.717, 1.165) is 17.9 Å². The zero-order valence-electron chi connectivity index (χ0n) is 11.7. The lowest BCUT2D eigenvalue weighted by Gasteiger charge is -2.15. The lowest BCUT2D eigenvalue weighted by atomic mass is 10.1. The molecular weight excluding hydrogens is 241 g/mol. The van der Waals surface area contributed by atoms with Gasteiger partial charge in [0.25, 0.3) is 0 Å². The van der Waals surface area contributed by atoms with E-state index in [0.29, 0.717) is 12.1 Å². The molecule has 2 rings (SSSR count). The molecule has 0 aliphatic rings. The highest BCUT2D eigenvalue weighted by molar-refractivity contribution is 5.20. The molecule has 0 aliphatic carbocycles. The lowest BCUT2D eigenvalue weighted by molar-refractivity contribution is 0.506. The van der Waals surface area contributed by atoms with Crippen molar-refractivity contribution >= 4 is 0 Å². The van der Waals surface area contributed by atoms with Gasteiger partial charge in [0.2, 0.25) is 0 Å². The molecule has 4 heteroatoms. The van der Waals surface area contributed by atoms with Crippen molar-refractivity contribution < 1.29 is 4.39 Å². The van der Waals surface area contributed by atoms with Crippen LogP contribution in [0.5, 0.6) is 0 Å². The molecule has 0 amide bonds. The lowest BCUT2D eigenvalue weighted by Crippen LogP contribution is -2.21. The maximum Gasteiger partial charge on any atom is 0.127 e. The summed E-state index contributed by atoms with van der Waals surface area (Å²) in [5.41, 5.74) is 2.84. The van der Waals surface area contributed by atoms with E-state index in [-0.39, 0.29) is 11.9 Å². The Bertz CT molecular complexity index is 548. The Labute approximate surface area is 113 Å². The molecule has 0 radical (unpaired) electrons. The molecule has 0 fully saturated rings. The van der Waals surface area contributed by atoms with Gasteiger partial charge >= 0.3 is 0 Å². The van der Waals surface area contributed by atoms with Gasteiger partial charge in [0, 0.05) is 24.7 Å². The quantitative estimate of drug-likeness (QED) is 0.895. The van der Waals surface area contributed by atoms with Crippen LogP contribution in [0.2, 0.25) is 0 Å². The Hall–Kier alpha value is -1.68. The van der Waals surface area contributed by atoms with Crippen molar-refractivity contribution in [2.45, 2.75) is 39.9 Å². The Morgan fingerprint density at radius 2 is 2.11 bits per heavy atom. The fourth-order valence-corrected chi connectivity index (χ4v) is 2.21. The molecule has 0 spiro atoms. The number of aromatic nitrogens is 2. The summed E-state index contributed by atoms with van der Waals surface area (Å²) in [5, 5.41) is 7.74. The first kappa shape index (κ1) is 13.7. The molecule has 102 valence electrons. The predicted molar refractivity (Wildman–Crippen MR) is 74.3 cm³/mol. The summed E-state index contributed by atoms with van der Waals surface area (Å²) in [7, 11) is 0. The minimum absolute atomic E-state index is 0.0262. The van der Waals surface area contributed by atoms with Crippen LogP contribution in [-0.2, 0) is 13.1 Å². The van der Waals surface area contributed by atoms with Crippen molar-refractivity contribution in [1.29, 1.82) is 0 Å². The van der Waals surface area contributed by atoms with E-state index in [1.807, 2.05) is 30.7 Å². The van der Waals surface area contributed by atoms with Crippen molar-refractivity contribution in [2.75, 3.05) is 0 Å². The average molecular weight is 261 g/mol. The topological polar surface area (TPSA) is 29.9 Å². The second-order valence-corrected chi connectivity index (χ2v) is 4.72. The van der Waals surface area contributed by atoms with Gasteiger partial charge in [0.15, 0.2) is 0 Å². The summed E-state index contributed by atoms with van der Waals surface area (Å²) >= 11 is 0. The number of halogens is 1. The first-order valence-electron chi connectivity index (χ1n) is 6.63. The normalized spacial score (nSPS) is 12.6. The number of nitrogens with zero attached hydrogens (tertiary/aromatic N) is 2. The van der Waals surface area contributed by atoms with Crippen LogP contribution in [0, 0.1) is 12.7 Å². The molecule has 3 nitrogen and oxygen atoms in total. The van der Waals surface area contributed by atoms with E-state index in [1.54, 1.807) is 6.07 Å². The highest BCUT2D eigenvalue weighted by atomic mass is 19.1. The van der Waals surface area contributed by atoms with E-state index < -0.39 is 0 Å². The largest absolute Gasteiger partial charge is 0.304 e. The molecule has 1 aromatic heterocycles. The molecule has 1 heterocycles. The first-order valence-corrected chi connectivity index (χ1v) is 6.63. The maximum absolute atomic E-state index is 13.7. The van der Waals surface area contributed by atoms with Crippen LogP contribution in [0.4, 0.5) is 4.39 Å². The third-order valence-electron chi connectivity index (χ3n) is 3.25. The molecule has 0 aliphatic heterocycles. The number of hydrogen-bond acceptors (Lipinski definition) is 2. The zero-order chi connectivity index (χ0) is 13.8. The molecule has 0 saturated carbocycles. The average Bonchev–Trinajstić information content (AvgIpc) is 2.77. The van der Waals surface area contributed by atoms with Crippen LogP contribution in [0.3, 0.4) is 0 Å². The molecule has 0 saturated heterocycles. The highest BCUT2D eigenvalue weighted by Crippen LogP contribution is 2.16. The van der Waals surface area contributed by atoms with Gasteiger partial charge in [-0.05, 0) is 32.9 Å². The van der Waals surface area contributed by atoms with Crippen molar-refractivity contribution in [1.82, 2.24) is 15.1 Å². The molecule has 0 bridgehead atoms. The second kappa shape index (κ2) is 5.97. The summed E-state index contributed by atoms with van der Waals surface area (Å²) in [6.45, 7) is 7.55. The van der Waals surface area contributed by atoms with Crippen LogP contribution >= 0.6 is 0 Å². The number of aryl methyl sites for hydroxylation is 2. The molecule has 0 unspecified atom stereocenters. The van der Waals surface area contributed by atoms with Gasteiger partial charge in [-0.2, -0.15) is 5.10 Å². The minimum Gasteiger partial charge on any atom is -0.304 e. The second-order valence-electron chi connectivity index (χ2n) is 4.72. The fourth-order valence-electron chi connectivity index (χ4n) is 2.21. The Morgan fingerprint density at radius 3 is 2.79 bits per heavy atom. The van der Waals surface area contributed by atoms with E-state index >= 15 is 0 Å². The van der Waals surface area contributed by atoms with E-state index in [4.69, 9.17) is 0 Å². The van der Waals surface area contributed by atoms with Crippen molar-refractivity contribution in [2.24, 2.45) is 0 Å². The Morgan fingerprint density at radius 1 is 1.37 bits per heavy atom. The van der Waals surface area contributed by atoms with E-state index in [9.17, 15) is 4.39 Å². The van der Waals surface area contributed by atoms with Crippen LogP contribution in [-0.4, -0.2) is 9.78 Å². The number of nitrogens with one attached hydrogen (secondary N) is 1. The first-order chi connectivity index (χ1) is 9.11. The Balaban J connectivity index is 2.04. The zero-order valence-corrected chi connectivity index (χ0v) is 11.7. The van der Waals surface area contributed by atoms with Crippen molar-refractivity contribution in [3.8, 4) is 0 Å². The van der Waals surface area contributed by atoms with Crippen molar-refractivity contribution in [3.05, 3.63) is 53.1 Å². The van der Waals surface area contributed by atoms with Gasteiger partial charge in [0.05, 0.1) is 11.4 Å². The molecule has 1 N–H and O–H groups in total. The van der Waals surface area contributed by atoms with Gasteiger partial charge in [-0.25, -0.2) is 4.39 Å². The van der Waals surface area contributed by atoms with Crippen LogP contribution < -0.4 is 5.32 Å². The molecule has 2 aromatic rings. The van der Waals surface area contributed by atoms with Gasteiger partial charge in [0.1, 0.15) is 5.82 Å². The maximum atomic E-state index is 13.7. The smallest absolute Gasteiger partial charge is 0.127 e.